The second-order valence-electron chi connectivity index (χ2n) is 7.49. The number of likely N-dealkylation sites (tertiary alicyclic amines) is 2. The first kappa shape index (κ1) is 20.0. The smallest absolute Gasteiger partial charge is 0.225 e. The maximum atomic E-state index is 12.8. The maximum Gasteiger partial charge on any atom is 0.225 e. The molecular weight excluding hydrogens is 364 g/mol. The molecule has 0 bridgehead atoms. The number of rotatable bonds is 6. The summed E-state index contributed by atoms with van der Waals surface area (Å²) in [5.74, 6) is 1.79. The molecule has 0 atom stereocenters. The van der Waals surface area contributed by atoms with Crippen molar-refractivity contribution in [1.82, 2.24) is 9.80 Å². The normalized spacial score (nSPS) is 20.1. The van der Waals surface area contributed by atoms with Crippen LogP contribution >= 0.6 is 23.4 Å². The Morgan fingerprint density at radius 1 is 1.04 bits per heavy atom. The average Bonchev–Trinajstić information content (AvgIpc) is 2.96. The molecule has 0 N–H and O–H groups in total. The molecule has 2 heterocycles. The molecule has 26 heavy (non-hydrogen) atoms. The molecule has 1 aromatic rings. The van der Waals surface area contributed by atoms with E-state index in [-0.39, 0.29) is 5.92 Å². The summed E-state index contributed by atoms with van der Waals surface area (Å²) in [7, 11) is 0. The van der Waals surface area contributed by atoms with Crippen LogP contribution in [0.4, 0.5) is 0 Å². The molecule has 144 valence electrons. The lowest BCUT2D eigenvalue weighted by Gasteiger charge is -2.34. The lowest BCUT2D eigenvalue weighted by atomic mass is 9.95. The van der Waals surface area contributed by atoms with Crippen molar-refractivity contribution in [3.63, 3.8) is 0 Å². The second-order valence-corrected chi connectivity index (χ2v) is 9.03. The minimum Gasteiger partial charge on any atom is -0.342 e. The van der Waals surface area contributed by atoms with Crippen molar-refractivity contribution in [2.24, 2.45) is 5.92 Å². The standard InChI is InChI=1S/C21H31ClN2OS/c22-19-8-3-4-9-20(19)26-17-7-12-23-15-10-18(11-16-23)21(25)24-13-5-1-2-6-14-24/h3-4,8-9,18H,1-2,5-7,10-17H2. The third kappa shape index (κ3) is 5.90. The SMILES string of the molecule is O=C(C1CCN(CCCSc2ccccc2Cl)CC1)N1CCCCCC1. The van der Waals surface area contributed by atoms with Crippen molar-refractivity contribution >= 4 is 29.3 Å². The number of carbonyl (C=O) groups is 1. The Kier molecular flexibility index (Phi) is 8.15. The Morgan fingerprint density at radius 2 is 1.73 bits per heavy atom. The van der Waals surface area contributed by atoms with Gasteiger partial charge in [-0.15, -0.1) is 11.8 Å². The van der Waals surface area contributed by atoms with Crippen LogP contribution < -0.4 is 0 Å². The highest BCUT2D eigenvalue weighted by Crippen LogP contribution is 2.27. The lowest BCUT2D eigenvalue weighted by molar-refractivity contribution is -0.137. The fourth-order valence-electron chi connectivity index (χ4n) is 3.98. The quantitative estimate of drug-likeness (QED) is 0.504. The summed E-state index contributed by atoms with van der Waals surface area (Å²) in [6.07, 6.45) is 8.19. The molecule has 0 aromatic heterocycles. The van der Waals surface area contributed by atoms with E-state index >= 15 is 0 Å². The Balaban J connectivity index is 1.33. The zero-order valence-corrected chi connectivity index (χ0v) is 17.2. The fraction of sp³-hybridized carbons (Fsp3) is 0.667. The Morgan fingerprint density at radius 3 is 2.42 bits per heavy atom. The van der Waals surface area contributed by atoms with Gasteiger partial charge in [-0.1, -0.05) is 36.6 Å². The third-order valence-electron chi connectivity index (χ3n) is 5.57. The number of benzene rings is 1. The predicted octanol–water partition coefficient (Wildman–Crippen LogP) is 4.94. The first-order chi connectivity index (χ1) is 12.7. The van der Waals surface area contributed by atoms with Crippen LogP contribution in [0.15, 0.2) is 29.2 Å². The molecule has 3 rings (SSSR count). The molecule has 3 nitrogen and oxygen atoms in total. The molecule has 0 aliphatic carbocycles. The minimum absolute atomic E-state index is 0.266. The molecule has 2 saturated heterocycles. The van der Waals surface area contributed by atoms with E-state index in [1.165, 1.54) is 37.0 Å². The van der Waals surface area contributed by atoms with Gasteiger partial charge in [0.1, 0.15) is 0 Å². The number of nitrogens with zero attached hydrogens (tertiary/aromatic N) is 2. The molecule has 1 aromatic carbocycles. The summed E-state index contributed by atoms with van der Waals surface area (Å²) in [4.78, 5) is 18.6. The van der Waals surface area contributed by atoms with Gasteiger partial charge in [0.2, 0.25) is 5.91 Å². The van der Waals surface area contributed by atoms with Gasteiger partial charge in [0.05, 0.1) is 5.02 Å². The van der Waals surface area contributed by atoms with Crippen LogP contribution in [-0.4, -0.2) is 54.2 Å². The van der Waals surface area contributed by atoms with Crippen LogP contribution in [0.2, 0.25) is 5.02 Å². The number of amides is 1. The minimum atomic E-state index is 0.266. The Hall–Kier alpha value is -0.710. The molecule has 0 spiro atoms. The van der Waals surface area contributed by atoms with Crippen LogP contribution in [0.3, 0.4) is 0 Å². The number of hydrogen-bond donors (Lipinski definition) is 0. The van der Waals surface area contributed by atoms with Crippen molar-refractivity contribution in [3.8, 4) is 0 Å². The van der Waals surface area contributed by atoms with E-state index in [1.807, 2.05) is 30.0 Å². The molecule has 2 aliphatic rings. The number of piperidine rings is 1. The Labute approximate surface area is 167 Å². The second kappa shape index (κ2) is 10.6. The molecule has 2 aliphatic heterocycles. The topological polar surface area (TPSA) is 23.6 Å². The van der Waals surface area contributed by atoms with Crippen molar-refractivity contribution in [3.05, 3.63) is 29.3 Å². The largest absolute Gasteiger partial charge is 0.342 e. The van der Waals surface area contributed by atoms with Crippen LogP contribution in [0, 0.1) is 5.92 Å². The summed E-state index contributed by atoms with van der Waals surface area (Å²) in [5, 5.41) is 0.852. The zero-order chi connectivity index (χ0) is 18.2. The van der Waals surface area contributed by atoms with E-state index in [1.54, 1.807) is 0 Å². The lowest BCUT2D eigenvalue weighted by Crippen LogP contribution is -2.43. The van der Waals surface area contributed by atoms with Gasteiger partial charge in [-0.3, -0.25) is 4.79 Å². The van der Waals surface area contributed by atoms with E-state index < -0.39 is 0 Å². The monoisotopic (exact) mass is 394 g/mol. The molecule has 0 radical (unpaired) electrons. The van der Waals surface area contributed by atoms with E-state index in [9.17, 15) is 4.79 Å². The van der Waals surface area contributed by atoms with Crippen molar-refractivity contribution in [2.45, 2.75) is 49.8 Å². The van der Waals surface area contributed by atoms with E-state index in [0.29, 0.717) is 5.91 Å². The number of halogens is 1. The number of thioether (sulfide) groups is 1. The van der Waals surface area contributed by atoms with Gasteiger partial charge in [0.15, 0.2) is 0 Å². The van der Waals surface area contributed by atoms with Gasteiger partial charge in [-0.05, 0) is 69.6 Å². The summed E-state index contributed by atoms with van der Waals surface area (Å²) in [6.45, 7) is 5.24. The van der Waals surface area contributed by atoms with E-state index in [2.05, 4.69) is 15.9 Å². The number of hydrogen-bond acceptors (Lipinski definition) is 3. The van der Waals surface area contributed by atoms with Gasteiger partial charge >= 0.3 is 0 Å². The fourth-order valence-corrected chi connectivity index (χ4v) is 5.16. The summed E-state index contributed by atoms with van der Waals surface area (Å²) in [6, 6.07) is 8.06. The molecular formula is C21H31ClN2OS. The van der Waals surface area contributed by atoms with Crippen molar-refractivity contribution < 1.29 is 4.79 Å². The summed E-state index contributed by atoms with van der Waals surface area (Å²) >= 11 is 8.05. The van der Waals surface area contributed by atoms with Gasteiger partial charge in [0.25, 0.3) is 0 Å². The highest BCUT2D eigenvalue weighted by molar-refractivity contribution is 7.99. The third-order valence-corrected chi connectivity index (χ3v) is 7.17. The van der Waals surface area contributed by atoms with Gasteiger partial charge in [0, 0.05) is 23.9 Å². The molecule has 0 unspecified atom stereocenters. The van der Waals surface area contributed by atoms with Crippen LogP contribution in [0.5, 0.6) is 0 Å². The van der Waals surface area contributed by atoms with Crippen molar-refractivity contribution in [1.29, 1.82) is 0 Å². The average molecular weight is 395 g/mol. The maximum absolute atomic E-state index is 12.8. The molecule has 2 fully saturated rings. The van der Waals surface area contributed by atoms with Gasteiger partial charge in [-0.25, -0.2) is 0 Å². The van der Waals surface area contributed by atoms with E-state index in [4.69, 9.17) is 11.6 Å². The van der Waals surface area contributed by atoms with Crippen LogP contribution in [0.1, 0.15) is 44.9 Å². The highest BCUT2D eigenvalue weighted by Gasteiger charge is 2.28. The first-order valence-corrected chi connectivity index (χ1v) is 11.5. The van der Waals surface area contributed by atoms with Gasteiger partial charge in [-0.2, -0.15) is 0 Å². The van der Waals surface area contributed by atoms with Crippen LogP contribution in [0.25, 0.3) is 0 Å². The predicted molar refractivity (Wildman–Crippen MR) is 111 cm³/mol. The van der Waals surface area contributed by atoms with Gasteiger partial charge < -0.3 is 9.80 Å². The van der Waals surface area contributed by atoms with Crippen molar-refractivity contribution in [2.75, 3.05) is 38.5 Å². The van der Waals surface area contributed by atoms with E-state index in [0.717, 1.165) is 56.3 Å². The molecule has 5 heteroatoms. The van der Waals surface area contributed by atoms with Crippen LogP contribution in [-0.2, 0) is 4.79 Å². The summed E-state index contributed by atoms with van der Waals surface area (Å²) < 4.78 is 0. The number of carbonyl (C=O) groups excluding carboxylic acids is 1. The molecule has 0 saturated carbocycles. The Bertz CT molecular complexity index is 567. The first-order valence-electron chi connectivity index (χ1n) is 10.1. The zero-order valence-electron chi connectivity index (χ0n) is 15.7. The highest BCUT2D eigenvalue weighted by atomic mass is 35.5. The summed E-state index contributed by atoms with van der Waals surface area (Å²) in [5.41, 5.74) is 0. The molecule has 1 amide bonds.